The zero-order valence-electron chi connectivity index (χ0n) is 14.9. The van der Waals surface area contributed by atoms with E-state index in [1.807, 2.05) is 6.92 Å². The highest BCUT2D eigenvalue weighted by Gasteiger charge is 2.24. The Hall–Kier alpha value is -2.32. The SMILES string of the molecule is Cc1c([C@H](C)C(=O)O)c2ccc(F)cn2c1Sc1ccc(S(C)(=O)=O)cc1. The number of sulfone groups is 1. The lowest BCUT2D eigenvalue weighted by Gasteiger charge is -2.07. The molecule has 0 saturated heterocycles. The van der Waals surface area contributed by atoms with Gasteiger partial charge in [0.25, 0.3) is 0 Å². The van der Waals surface area contributed by atoms with Crippen LogP contribution in [0, 0.1) is 12.7 Å². The molecule has 3 aromatic rings. The van der Waals surface area contributed by atoms with Crippen LogP contribution < -0.4 is 0 Å². The van der Waals surface area contributed by atoms with Gasteiger partial charge in [0.15, 0.2) is 9.84 Å². The number of fused-ring (bicyclic) bond motifs is 1. The van der Waals surface area contributed by atoms with Gasteiger partial charge in [0, 0.05) is 17.3 Å². The molecule has 0 unspecified atom stereocenters. The van der Waals surface area contributed by atoms with Gasteiger partial charge in [0.1, 0.15) is 5.82 Å². The summed E-state index contributed by atoms with van der Waals surface area (Å²) >= 11 is 1.33. The van der Waals surface area contributed by atoms with Crippen molar-refractivity contribution in [2.45, 2.75) is 34.6 Å². The maximum atomic E-state index is 13.8. The van der Waals surface area contributed by atoms with Crippen LogP contribution in [-0.4, -0.2) is 30.2 Å². The lowest BCUT2D eigenvalue weighted by Crippen LogP contribution is -2.08. The van der Waals surface area contributed by atoms with Crippen molar-refractivity contribution >= 4 is 33.1 Å². The summed E-state index contributed by atoms with van der Waals surface area (Å²) in [6.07, 6.45) is 2.47. The molecule has 1 N–H and O–H groups in total. The quantitative estimate of drug-likeness (QED) is 0.688. The molecule has 0 bridgehead atoms. The van der Waals surface area contributed by atoms with Crippen molar-refractivity contribution in [3.8, 4) is 0 Å². The minimum atomic E-state index is -3.29. The molecule has 0 saturated carbocycles. The molecule has 3 rings (SSSR count). The van der Waals surface area contributed by atoms with Gasteiger partial charge < -0.3 is 9.51 Å². The Morgan fingerprint density at radius 1 is 1.19 bits per heavy atom. The van der Waals surface area contributed by atoms with E-state index in [-0.39, 0.29) is 4.90 Å². The van der Waals surface area contributed by atoms with Gasteiger partial charge in [-0.25, -0.2) is 12.8 Å². The second-order valence-corrected chi connectivity index (χ2v) is 9.43. The van der Waals surface area contributed by atoms with Crippen LogP contribution in [0.4, 0.5) is 4.39 Å². The predicted octanol–water partition coefficient (Wildman–Crippen LogP) is 4.13. The molecule has 0 fully saturated rings. The first-order valence-electron chi connectivity index (χ1n) is 8.10. The number of pyridine rings is 1. The molecule has 8 heteroatoms. The van der Waals surface area contributed by atoms with Crippen molar-refractivity contribution in [1.29, 1.82) is 0 Å². The van der Waals surface area contributed by atoms with E-state index in [1.54, 1.807) is 29.5 Å². The van der Waals surface area contributed by atoms with E-state index in [0.29, 0.717) is 16.1 Å². The summed E-state index contributed by atoms with van der Waals surface area (Å²) in [6, 6.07) is 9.28. The number of hydrogen-bond acceptors (Lipinski definition) is 4. The lowest BCUT2D eigenvalue weighted by atomic mass is 9.99. The summed E-state index contributed by atoms with van der Waals surface area (Å²) in [6.45, 7) is 3.41. The molecule has 142 valence electrons. The number of nitrogens with zero attached hydrogens (tertiary/aromatic N) is 1. The summed E-state index contributed by atoms with van der Waals surface area (Å²) in [4.78, 5) is 12.5. The van der Waals surface area contributed by atoms with Gasteiger partial charge in [0.2, 0.25) is 0 Å². The van der Waals surface area contributed by atoms with Crippen LogP contribution in [0.2, 0.25) is 0 Å². The first kappa shape index (κ1) is 19.4. The van der Waals surface area contributed by atoms with E-state index < -0.39 is 27.5 Å². The summed E-state index contributed by atoms with van der Waals surface area (Å²) in [5, 5.41) is 10.1. The van der Waals surface area contributed by atoms with Crippen LogP contribution in [0.1, 0.15) is 24.0 Å². The van der Waals surface area contributed by atoms with Crippen LogP contribution in [0.3, 0.4) is 0 Å². The molecule has 2 heterocycles. The monoisotopic (exact) mass is 407 g/mol. The second kappa shape index (κ2) is 7.01. The van der Waals surface area contributed by atoms with Crippen molar-refractivity contribution in [3.05, 3.63) is 59.5 Å². The summed E-state index contributed by atoms with van der Waals surface area (Å²) < 4.78 is 38.7. The lowest BCUT2D eigenvalue weighted by molar-refractivity contribution is -0.138. The number of carboxylic acids is 1. The number of aromatic nitrogens is 1. The highest BCUT2D eigenvalue weighted by atomic mass is 32.2. The Morgan fingerprint density at radius 3 is 2.37 bits per heavy atom. The van der Waals surface area contributed by atoms with Gasteiger partial charge in [-0.2, -0.15) is 0 Å². The summed E-state index contributed by atoms with van der Waals surface area (Å²) in [7, 11) is -3.29. The average molecular weight is 407 g/mol. The van der Waals surface area contributed by atoms with E-state index in [1.165, 1.54) is 36.2 Å². The Morgan fingerprint density at radius 2 is 1.81 bits per heavy atom. The van der Waals surface area contributed by atoms with Gasteiger partial charge in [-0.15, -0.1) is 0 Å². The van der Waals surface area contributed by atoms with Gasteiger partial charge in [-0.05, 0) is 61.4 Å². The second-order valence-electron chi connectivity index (χ2n) is 6.35. The van der Waals surface area contributed by atoms with Gasteiger partial charge >= 0.3 is 5.97 Å². The Bertz CT molecular complexity index is 1130. The molecule has 0 amide bonds. The van der Waals surface area contributed by atoms with Crippen LogP contribution in [0.5, 0.6) is 0 Å². The molecule has 1 aromatic carbocycles. The Kier molecular flexibility index (Phi) is 5.05. The first-order chi connectivity index (χ1) is 12.6. The maximum absolute atomic E-state index is 13.8. The van der Waals surface area contributed by atoms with Crippen LogP contribution in [-0.2, 0) is 14.6 Å². The highest BCUT2D eigenvalue weighted by Crippen LogP contribution is 2.38. The largest absolute Gasteiger partial charge is 0.481 e. The van der Waals surface area contributed by atoms with Crippen molar-refractivity contribution in [2.24, 2.45) is 0 Å². The van der Waals surface area contributed by atoms with Crippen LogP contribution in [0.25, 0.3) is 5.52 Å². The highest BCUT2D eigenvalue weighted by molar-refractivity contribution is 7.99. The van der Waals surface area contributed by atoms with Crippen LogP contribution in [0.15, 0.2) is 57.4 Å². The number of rotatable bonds is 5. The molecule has 0 aliphatic heterocycles. The number of aliphatic carboxylic acids is 1. The molecule has 1 atom stereocenters. The fourth-order valence-electron chi connectivity index (χ4n) is 3.01. The topological polar surface area (TPSA) is 75.8 Å². The average Bonchev–Trinajstić information content (AvgIpc) is 2.85. The molecular formula is C19H18FNO4S2. The minimum Gasteiger partial charge on any atom is -0.481 e. The molecule has 2 aromatic heterocycles. The number of carboxylic acid groups (broad SMARTS) is 1. The zero-order valence-corrected chi connectivity index (χ0v) is 16.6. The third kappa shape index (κ3) is 3.72. The molecule has 5 nitrogen and oxygen atoms in total. The molecule has 0 radical (unpaired) electrons. The maximum Gasteiger partial charge on any atom is 0.310 e. The van der Waals surface area contributed by atoms with Gasteiger partial charge in [-0.1, -0.05) is 11.8 Å². The number of carbonyl (C=O) groups is 1. The van der Waals surface area contributed by atoms with E-state index in [4.69, 9.17) is 0 Å². The molecular weight excluding hydrogens is 389 g/mol. The van der Waals surface area contributed by atoms with Crippen molar-refractivity contribution in [1.82, 2.24) is 4.40 Å². The van der Waals surface area contributed by atoms with Crippen molar-refractivity contribution in [2.75, 3.05) is 6.26 Å². The minimum absolute atomic E-state index is 0.217. The first-order valence-corrected chi connectivity index (χ1v) is 10.8. The zero-order chi connectivity index (χ0) is 19.9. The summed E-state index contributed by atoms with van der Waals surface area (Å²) in [5.41, 5.74) is 2.03. The molecule has 0 aliphatic rings. The van der Waals surface area contributed by atoms with Crippen molar-refractivity contribution in [3.63, 3.8) is 0 Å². The smallest absolute Gasteiger partial charge is 0.310 e. The van der Waals surface area contributed by atoms with E-state index in [2.05, 4.69) is 0 Å². The number of halogens is 1. The van der Waals surface area contributed by atoms with E-state index >= 15 is 0 Å². The van der Waals surface area contributed by atoms with E-state index in [0.717, 1.165) is 16.7 Å². The predicted molar refractivity (Wildman–Crippen MR) is 102 cm³/mol. The van der Waals surface area contributed by atoms with Gasteiger partial charge in [-0.3, -0.25) is 4.79 Å². The third-order valence-corrected chi connectivity index (χ3v) is 6.73. The van der Waals surface area contributed by atoms with Gasteiger partial charge in [0.05, 0.1) is 21.4 Å². The third-order valence-electron chi connectivity index (χ3n) is 4.40. The number of benzene rings is 1. The Balaban J connectivity index is 2.12. The molecule has 0 spiro atoms. The standard InChI is InChI=1S/C19H18FNO4S2/c1-11-17(12(2)19(22)23)16-9-4-13(20)10-21(16)18(11)26-14-5-7-15(8-6-14)27(3,24)25/h4-10,12H,1-3H3,(H,22,23)/t12-/m0/s1. The molecule has 0 aliphatic carbocycles. The molecule has 27 heavy (non-hydrogen) atoms. The van der Waals surface area contributed by atoms with Crippen molar-refractivity contribution < 1.29 is 22.7 Å². The van der Waals surface area contributed by atoms with E-state index in [9.17, 15) is 22.7 Å². The fourth-order valence-corrected chi connectivity index (χ4v) is 4.65. The Labute approximate surface area is 160 Å². The van der Waals surface area contributed by atoms with Crippen LogP contribution >= 0.6 is 11.8 Å². The number of hydrogen-bond donors (Lipinski definition) is 1. The summed E-state index contributed by atoms with van der Waals surface area (Å²) in [5.74, 6) is -2.13. The fraction of sp³-hybridized carbons (Fsp3) is 0.211. The normalized spacial score (nSPS) is 13.0.